The number of methoxy groups -OCH3 is 1. The third kappa shape index (κ3) is 3.95. The fourth-order valence-corrected chi connectivity index (χ4v) is 2.09. The van der Waals surface area contributed by atoms with E-state index in [-0.39, 0.29) is 6.10 Å². The van der Waals surface area contributed by atoms with E-state index in [1.807, 2.05) is 0 Å². The van der Waals surface area contributed by atoms with Crippen molar-refractivity contribution in [2.24, 2.45) is 5.92 Å². The predicted octanol–water partition coefficient (Wildman–Crippen LogP) is 1.16. The van der Waals surface area contributed by atoms with Crippen LogP contribution in [0, 0.1) is 5.92 Å². The molecule has 0 spiro atoms. The lowest BCUT2D eigenvalue weighted by Gasteiger charge is -2.18. The fraction of sp³-hybridized carbons (Fsp3) is 1.00. The molecule has 84 valence electrons. The summed E-state index contributed by atoms with van der Waals surface area (Å²) in [4.78, 5) is 0. The van der Waals surface area contributed by atoms with Gasteiger partial charge < -0.3 is 15.2 Å². The van der Waals surface area contributed by atoms with Crippen LogP contribution in [0.3, 0.4) is 0 Å². The first-order valence-electron chi connectivity index (χ1n) is 5.66. The van der Waals surface area contributed by atoms with Gasteiger partial charge in [0, 0.05) is 13.2 Å². The molecule has 3 unspecified atom stereocenters. The largest absolute Gasteiger partial charge is 0.393 e. The Hall–Kier alpha value is -0.120. The van der Waals surface area contributed by atoms with Crippen molar-refractivity contribution in [2.75, 3.05) is 20.3 Å². The third-order valence-corrected chi connectivity index (χ3v) is 3.07. The highest BCUT2D eigenvalue weighted by Gasteiger charge is 2.22. The van der Waals surface area contributed by atoms with Gasteiger partial charge in [-0.25, -0.2) is 0 Å². The maximum Gasteiger partial charge on any atom is 0.0615 e. The highest BCUT2D eigenvalue weighted by atomic mass is 16.5. The summed E-state index contributed by atoms with van der Waals surface area (Å²) in [5.74, 6) is 0.663. The van der Waals surface area contributed by atoms with Gasteiger partial charge in [-0.3, -0.25) is 0 Å². The minimum atomic E-state index is -0.0516. The lowest BCUT2D eigenvalue weighted by Crippen LogP contribution is -2.35. The summed E-state index contributed by atoms with van der Waals surface area (Å²) < 4.78 is 5.12. The van der Waals surface area contributed by atoms with Crippen LogP contribution in [0.2, 0.25) is 0 Å². The zero-order valence-corrected chi connectivity index (χ0v) is 9.33. The van der Waals surface area contributed by atoms with Crippen LogP contribution >= 0.6 is 0 Å². The van der Waals surface area contributed by atoms with Gasteiger partial charge in [-0.1, -0.05) is 6.92 Å². The first-order valence-corrected chi connectivity index (χ1v) is 5.66. The Morgan fingerprint density at radius 1 is 1.50 bits per heavy atom. The van der Waals surface area contributed by atoms with E-state index in [0.717, 1.165) is 38.8 Å². The summed E-state index contributed by atoms with van der Waals surface area (Å²) in [6, 6.07) is 0.470. The first-order chi connectivity index (χ1) is 6.76. The summed E-state index contributed by atoms with van der Waals surface area (Å²) in [7, 11) is 1.74. The Morgan fingerprint density at radius 2 is 2.29 bits per heavy atom. The summed E-state index contributed by atoms with van der Waals surface area (Å²) >= 11 is 0. The van der Waals surface area contributed by atoms with Crippen LogP contribution in [0.1, 0.15) is 32.6 Å². The standard InChI is InChI=1S/C11H23NO2/c1-3-10(8-14-2)12-7-9-4-5-11(13)6-9/h9-13H,3-8H2,1-2H3. The monoisotopic (exact) mass is 201 g/mol. The number of aliphatic hydroxyl groups excluding tert-OH is 1. The molecule has 1 fully saturated rings. The molecule has 1 aliphatic carbocycles. The number of rotatable bonds is 6. The molecular formula is C11H23NO2. The van der Waals surface area contributed by atoms with Crippen molar-refractivity contribution in [3.05, 3.63) is 0 Å². The summed E-state index contributed by atoms with van der Waals surface area (Å²) in [5, 5.41) is 12.9. The Balaban J connectivity index is 2.12. The highest BCUT2D eigenvalue weighted by Crippen LogP contribution is 2.24. The van der Waals surface area contributed by atoms with E-state index in [4.69, 9.17) is 4.74 Å². The Bertz CT molecular complexity index is 148. The second kappa shape index (κ2) is 6.38. The van der Waals surface area contributed by atoms with E-state index < -0.39 is 0 Å². The molecule has 0 heterocycles. The van der Waals surface area contributed by atoms with E-state index in [1.165, 1.54) is 0 Å². The average molecular weight is 201 g/mol. The van der Waals surface area contributed by atoms with Crippen LogP contribution in [0.5, 0.6) is 0 Å². The van der Waals surface area contributed by atoms with Crippen LogP contribution < -0.4 is 5.32 Å². The van der Waals surface area contributed by atoms with Crippen LogP contribution in [0.4, 0.5) is 0 Å². The molecule has 0 aromatic carbocycles. The lowest BCUT2D eigenvalue weighted by atomic mass is 10.1. The molecule has 3 atom stereocenters. The van der Waals surface area contributed by atoms with Crippen LogP contribution in [0.15, 0.2) is 0 Å². The number of hydrogen-bond donors (Lipinski definition) is 2. The summed E-state index contributed by atoms with van der Waals surface area (Å²) in [6.07, 6.45) is 4.16. The van der Waals surface area contributed by atoms with Gasteiger partial charge in [-0.15, -0.1) is 0 Å². The highest BCUT2D eigenvalue weighted by molar-refractivity contribution is 4.77. The van der Waals surface area contributed by atoms with E-state index >= 15 is 0 Å². The number of hydrogen-bond acceptors (Lipinski definition) is 3. The molecule has 0 aromatic heterocycles. The molecular weight excluding hydrogens is 178 g/mol. The van der Waals surface area contributed by atoms with Gasteiger partial charge in [0.15, 0.2) is 0 Å². The van der Waals surface area contributed by atoms with Crippen molar-refractivity contribution < 1.29 is 9.84 Å². The molecule has 0 radical (unpaired) electrons. The zero-order valence-electron chi connectivity index (χ0n) is 9.33. The minimum Gasteiger partial charge on any atom is -0.393 e. The number of ether oxygens (including phenoxy) is 1. The van der Waals surface area contributed by atoms with Crippen LogP contribution in [-0.2, 0) is 4.74 Å². The summed E-state index contributed by atoms with van der Waals surface area (Å²) in [6.45, 7) is 3.98. The maximum atomic E-state index is 9.37. The zero-order chi connectivity index (χ0) is 10.4. The Kier molecular flexibility index (Phi) is 5.45. The van der Waals surface area contributed by atoms with E-state index in [2.05, 4.69) is 12.2 Å². The van der Waals surface area contributed by atoms with Gasteiger partial charge in [0.25, 0.3) is 0 Å². The molecule has 3 nitrogen and oxygen atoms in total. The SMILES string of the molecule is CCC(COC)NCC1CCC(O)C1. The summed E-state index contributed by atoms with van der Waals surface area (Å²) in [5.41, 5.74) is 0. The first kappa shape index (κ1) is 12.0. The molecule has 0 saturated heterocycles. The van der Waals surface area contributed by atoms with Gasteiger partial charge in [0.05, 0.1) is 12.7 Å². The van der Waals surface area contributed by atoms with Crippen LogP contribution in [0.25, 0.3) is 0 Å². The minimum absolute atomic E-state index is 0.0516. The van der Waals surface area contributed by atoms with E-state index in [1.54, 1.807) is 7.11 Å². The Labute approximate surface area is 86.8 Å². The van der Waals surface area contributed by atoms with E-state index in [9.17, 15) is 5.11 Å². The van der Waals surface area contributed by atoms with Gasteiger partial charge in [-0.05, 0) is 38.1 Å². The second-order valence-corrected chi connectivity index (χ2v) is 4.30. The molecule has 0 bridgehead atoms. The molecule has 14 heavy (non-hydrogen) atoms. The van der Waals surface area contributed by atoms with Gasteiger partial charge >= 0.3 is 0 Å². The molecule has 2 N–H and O–H groups in total. The van der Waals surface area contributed by atoms with E-state index in [0.29, 0.717) is 12.0 Å². The van der Waals surface area contributed by atoms with Crippen molar-refractivity contribution in [1.29, 1.82) is 0 Å². The topological polar surface area (TPSA) is 41.5 Å². The van der Waals surface area contributed by atoms with Gasteiger partial charge in [0.2, 0.25) is 0 Å². The van der Waals surface area contributed by atoms with Crippen molar-refractivity contribution in [3.8, 4) is 0 Å². The molecule has 3 heteroatoms. The normalized spacial score (nSPS) is 29.4. The molecule has 1 saturated carbocycles. The smallest absolute Gasteiger partial charge is 0.0615 e. The average Bonchev–Trinajstić information content (AvgIpc) is 2.59. The maximum absolute atomic E-state index is 9.37. The molecule has 1 rings (SSSR count). The number of nitrogens with one attached hydrogen (secondary N) is 1. The second-order valence-electron chi connectivity index (χ2n) is 4.30. The quantitative estimate of drug-likeness (QED) is 0.677. The van der Waals surface area contributed by atoms with Gasteiger partial charge in [0.1, 0.15) is 0 Å². The van der Waals surface area contributed by atoms with Crippen LogP contribution in [-0.4, -0.2) is 37.5 Å². The van der Waals surface area contributed by atoms with Crippen molar-refractivity contribution >= 4 is 0 Å². The molecule has 0 aliphatic heterocycles. The molecule has 0 amide bonds. The number of aliphatic hydroxyl groups is 1. The molecule has 0 aromatic rings. The van der Waals surface area contributed by atoms with Crippen molar-refractivity contribution in [1.82, 2.24) is 5.32 Å². The van der Waals surface area contributed by atoms with Gasteiger partial charge in [-0.2, -0.15) is 0 Å². The Morgan fingerprint density at radius 3 is 2.79 bits per heavy atom. The lowest BCUT2D eigenvalue weighted by molar-refractivity contribution is 0.158. The third-order valence-electron chi connectivity index (χ3n) is 3.07. The fourth-order valence-electron chi connectivity index (χ4n) is 2.09. The molecule has 1 aliphatic rings. The predicted molar refractivity (Wildman–Crippen MR) is 57.3 cm³/mol. The van der Waals surface area contributed by atoms with Crippen molar-refractivity contribution in [3.63, 3.8) is 0 Å². The van der Waals surface area contributed by atoms with Crippen molar-refractivity contribution in [2.45, 2.75) is 44.8 Å².